The first kappa shape index (κ1) is 14.3. The Hall–Kier alpha value is -1.71. The Labute approximate surface area is 96.6 Å². The zero-order valence-corrected chi connectivity index (χ0v) is 9.16. The van der Waals surface area contributed by atoms with Crippen molar-refractivity contribution in [3.05, 3.63) is 23.8 Å². The molecule has 0 atom stereocenters. The molecule has 1 N–H and O–H groups in total. The van der Waals surface area contributed by atoms with Gasteiger partial charge in [-0.1, -0.05) is 13.5 Å². The van der Waals surface area contributed by atoms with E-state index in [1.807, 2.05) is 6.92 Å². The average Bonchev–Trinajstić information content (AvgIpc) is 2.28. The van der Waals surface area contributed by atoms with Gasteiger partial charge in [0.2, 0.25) is 0 Å². The number of nitrogens with one attached hydrogen (secondary N) is 1. The van der Waals surface area contributed by atoms with Crippen LogP contribution in [-0.2, 0) is 0 Å². The standard InChI is InChI=1S/C11H15NO3.CH4/c1-4-12-11(13)10-8(14-2)6-5-7-9(10)15-3;/h5-7H,4H2,1-3H3,(H,12,13);1H4. The van der Waals surface area contributed by atoms with Gasteiger partial charge in [0.15, 0.2) is 0 Å². The summed E-state index contributed by atoms with van der Waals surface area (Å²) in [5.74, 6) is 0.840. The van der Waals surface area contributed by atoms with Gasteiger partial charge in [-0.05, 0) is 19.1 Å². The zero-order chi connectivity index (χ0) is 11.3. The molecule has 0 aliphatic heterocycles. The molecule has 0 unspecified atom stereocenters. The fourth-order valence-corrected chi connectivity index (χ4v) is 1.32. The first-order chi connectivity index (χ1) is 7.24. The van der Waals surface area contributed by atoms with Gasteiger partial charge in [-0.15, -0.1) is 0 Å². The van der Waals surface area contributed by atoms with Crippen LogP contribution >= 0.6 is 0 Å². The number of carbonyl (C=O) groups excluding carboxylic acids is 1. The molecular formula is C12H19NO3. The fourth-order valence-electron chi connectivity index (χ4n) is 1.32. The maximum atomic E-state index is 11.7. The zero-order valence-electron chi connectivity index (χ0n) is 9.16. The molecule has 0 heterocycles. The topological polar surface area (TPSA) is 47.6 Å². The number of hydrogen-bond donors (Lipinski definition) is 1. The predicted octanol–water partition coefficient (Wildman–Crippen LogP) is 2.09. The second-order valence-electron chi connectivity index (χ2n) is 2.90. The van der Waals surface area contributed by atoms with Crippen molar-refractivity contribution in [3.8, 4) is 11.5 Å². The van der Waals surface area contributed by atoms with Gasteiger partial charge < -0.3 is 14.8 Å². The Kier molecular flexibility index (Phi) is 6.00. The van der Waals surface area contributed by atoms with E-state index in [4.69, 9.17) is 9.47 Å². The molecule has 0 radical (unpaired) electrons. The minimum atomic E-state index is -0.188. The van der Waals surface area contributed by atoms with Gasteiger partial charge in [-0.25, -0.2) is 0 Å². The Morgan fingerprint density at radius 2 is 1.75 bits per heavy atom. The molecule has 16 heavy (non-hydrogen) atoms. The summed E-state index contributed by atoms with van der Waals surface area (Å²) in [5.41, 5.74) is 0.435. The van der Waals surface area contributed by atoms with Crippen LogP contribution in [0.25, 0.3) is 0 Å². The lowest BCUT2D eigenvalue weighted by Gasteiger charge is -2.11. The van der Waals surface area contributed by atoms with Crippen LogP contribution < -0.4 is 14.8 Å². The molecule has 1 aromatic carbocycles. The van der Waals surface area contributed by atoms with E-state index in [-0.39, 0.29) is 13.3 Å². The number of hydrogen-bond acceptors (Lipinski definition) is 3. The quantitative estimate of drug-likeness (QED) is 0.853. The largest absolute Gasteiger partial charge is 0.496 e. The van der Waals surface area contributed by atoms with Crippen molar-refractivity contribution in [2.24, 2.45) is 0 Å². The highest BCUT2D eigenvalue weighted by molar-refractivity contribution is 5.99. The van der Waals surface area contributed by atoms with Crippen molar-refractivity contribution < 1.29 is 14.3 Å². The Balaban J connectivity index is 0.00000225. The summed E-state index contributed by atoms with van der Waals surface area (Å²) in [4.78, 5) is 11.7. The molecule has 1 aromatic rings. The highest BCUT2D eigenvalue weighted by Gasteiger charge is 2.16. The Bertz CT molecular complexity index is 328. The highest BCUT2D eigenvalue weighted by atomic mass is 16.5. The molecule has 1 rings (SSSR count). The third-order valence-corrected chi connectivity index (χ3v) is 1.99. The lowest BCUT2D eigenvalue weighted by molar-refractivity contribution is 0.0949. The third kappa shape index (κ3) is 2.89. The molecule has 4 heteroatoms. The second-order valence-corrected chi connectivity index (χ2v) is 2.90. The van der Waals surface area contributed by atoms with Gasteiger partial charge in [0.05, 0.1) is 14.2 Å². The molecule has 0 saturated carbocycles. The van der Waals surface area contributed by atoms with Crippen LogP contribution in [0.15, 0.2) is 18.2 Å². The van der Waals surface area contributed by atoms with E-state index >= 15 is 0 Å². The second kappa shape index (κ2) is 6.71. The molecule has 0 spiro atoms. The van der Waals surface area contributed by atoms with Gasteiger partial charge >= 0.3 is 0 Å². The van der Waals surface area contributed by atoms with E-state index in [1.54, 1.807) is 18.2 Å². The first-order valence-electron chi connectivity index (χ1n) is 4.73. The van der Waals surface area contributed by atoms with Crippen LogP contribution in [0.2, 0.25) is 0 Å². The number of methoxy groups -OCH3 is 2. The van der Waals surface area contributed by atoms with Crippen LogP contribution in [0.3, 0.4) is 0 Å². The van der Waals surface area contributed by atoms with E-state index in [0.29, 0.717) is 23.6 Å². The van der Waals surface area contributed by atoms with Crippen LogP contribution in [0.4, 0.5) is 0 Å². The summed E-state index contributed by atoms with van der Waals surface area (Å²) in [5, 5.41) is 2.71. The smallest absolute Gasteiger partial charge is 0.258 e. The van der Waals surface area contributed by atoms with Gasteiger partial charge in [0, 0.05) is 6.54 Å². The molecule has 0 aromatic heterocycles. The third-order valence-electron chi connectivity index (χ3n) is 1.99. The molecule has 0 bridgehead atoms. The van der Waals surface area contributed by atoms with E-state index in [9.17, 15) is 4.79 Å². The maximum absolute atomic E-state index is 11.7. The maximum Gasteiger partial charge on any atom is 0.258 e. The van der Waals surface area contributed by atoms with Crippen LogP contribution in [0.1, 0.15) is 24.7 Å². The Morgan fingerprint density at radius 3 is 2.12 bits per heavy atom. The lowest BCUT2D eigenvalue weighted by atomic mass is 10.1. The summed E-state index contributed by atoms with van der Waals surface area (Å²) < 4.78 is 10.2. The van der Waals surface area contributed by atoms with Gasteiger partial charge in [-0.2, -0.15) is 0 Å². The molecule has 0 saturated heterocycles. The Morgan fingerprint density at radius 1 is 1.25 bits per heavy atom. The minimum Gasteiger partial charge on any atom is -0.496 e. The predicted molar refractivity (Wildman–Crippen MR) is 64.3 cm³/mol. The summed E-state index contributed by atoms with van der Waals surface area (Å²) >= 11 is 0. The summed E-state index contributed by atoms with van der Waals surface area (Å²) in [7, 11) is 3.05. The summed E-state index contributed by atoms with van der Waals surface area (Å²) in [6.45, 7) is 2.43. The van der Waals surface area contributed by atoms with Crippen molar-refractivity contribution in [3.63, 3.8) is 0 Å². The number of rotatable bonds is 4. The number of benzene rings is 1. The minimum absolute atomic E-state index is 0. The highest BCUT2D eigenvalue weighted by Crippen LogP contribution is 2.27. The van der Waals surface area contributed by atoms with Crippen LogP contribution in [-0.4, -0.2) is 26.7 Å². The van der Waals surface area contributed by atoms with Crippen molar-refractivity contribution in [2.45, 2.75) is 14.4 Å². The van der Waals surface area contributed by atoms with Gasteiger partial charge in [0.1, 0.15) is 17.1 Å². The molecule has 1 amide bonds. The van der Waals surface area contributed by atoms with Gasteiger partial charge in [-0.3, -0.25) is 4.79 Å². The number of ether oxygens (including phenoxy) is 2. The van der Waals surface area contributed by atoms with E-state index < -0.39 is 0 Å². The van der Waals surface area contributed by atoms with Crippen molar-refractivity contribution >= 4 is 5.91 Å². The SMILES string of the molecule is C.CCNC(=O)c1c(OC)cccc1OC. The van der Waals surface area contributed by atoms with Crippen molar-refractivity contribution in [1.29, 1.82) is 0 Å². The molecule has 0 aliphatic carbocycles. The van der Waals surface area contributed by atoms with E-state index in [0.717, 1.165) is 0 Å². The number of amides is 1. The fraction of sp³-hybridized carbons (Fsp3) is 0.417. The van der Waals surface area contributed by atoms with E-state index in [1.165, 1.54) is 14.2 Å². The van der Waals surface area contributed by atoms with Crippen molar-refractivity contribution in [1.82, 2.24) is 5.32 Å². The molecule has 90 valence electrons. The van der Waals surface area contributed by atoms with Crippen LogP contribution in [0.5, 0.6) is 11.5 Å². The first-order valence-corrected chi connectivity index (χ1v) is 4.73. The molecule has 0 fully saturated rings. The normalized spacial score (nSPS) is 8.94. The lowest BCUT2D eigenvalue weighted by Crippen LogP contribution is -2.23. The van der Waals surface area contributed by atoms with Crippen LogP contribution in [0, 0.1) is 0 Å². The van der Waals surface area contributed by atoms with E-state index in [2.05, 4.69) is 5.32 Å². The summed E-state index contributed by atoms with van der Waals surface area (Å²) in [6.07, 6.45) is 0. The van der Waals surface area contributed by atoms with Crippen molar-refractivity contribution in [2.75, 3.05) is 20.8 Å². The van der Waals surface area contributed by atoms with Gasteiger partial charge in [0.25, 0.3) is 5.91 Å². The monoisotopic (exact) mass is 225 g/mol. The average molecular weight is 225 g/mol. The summed E-state index contributed by atoms with van der Waals surface area (Å²) in [6, 6.07) is 5.24. The number of carbonyl (C=O) groups is 1. The molecule has 0 aliphatic rings. The molecule has 4 nitrogen and oxygen atoms in total. The molecular weight excluding hydrogens is 206 g/mol.